The average molecular weight is 330 g/mol. The maximum Gasteiger partial charge on any atom is 0.188 e. The Morgan fingerprint density at radius 1 is 1.09 bits per heavy atom. The Morgan fingerprint density at radius 2 is 1.95 bits per heavy atom. The summed E-state index contributed by atoms with van der Waals surface area (Å²) in [5.74, 6) is 1.58. The highest BCUT2D eigenvalue weighted by Gasteiger charge is 2.12. The van der Waals surface area contributed by atoms with Gasteiger partial charge in [0.1, 0.15) is 13.2 Å². The van der Waals surface area contributed by atoms with E-state index in [1.807, 2.05) is 18.2 Å². The number of nitrogens with zero attached hydrogens (tertiary/aromatic N) is 1. The molecule has 2 aromatic carbocycles. The normalized spacial score (nSPS) is 13.3. The van der Waals surface area contributed by atoms with Crippen LogP contribution in [0.4, 0.5) is 10.8 Å². The number of ether oxygens (including phenoxy) is 2. The average Bonchev–Trinajstić information content (AvgIpc) is 2.95. The minimum absolute atomic E-state index is 0.592. The summed E-state index contributed by atoms with van der Waals surface area (Å²) < 4.78 is 12.3. The van der Waals surface area contributed by atoms with Crippen LogP contribution in [0.25, 0.3) is 10.2 Å². The number of thioether (sulfide) groups is 1. The summed E-state index contributed by atoms with van der Waals surface area (Å²) in [6.45, 7) is 1.20. The summed E-state index contributed by atoms with van der Waals surface area (Å²) in [6.07, 6.45) is 2.08. The first-order valence-corrected chi connectivity index (χ1v) is 8.97. The van der Waals surface area contributed by atoms with Crippen LogP contribution in [0.3, 0.4) is 0 Å². The van der Waals surface area contributed by atoms with Crippen molar-refractivity contribution in [3.8, 4) is 11.5 Å². The van der Waals surface area contributed by atoms with E-state index in [2.05, 4.69) is 34.8 Å². The van der Waals surface area contributed by atoms with Crippen LogP contribution in [0.1, 0.15) is 0 Å². The molecule has 4 rings (SSSR count). The Hall–Kier alpha value is -1.92. The van der Waals surface area contributed by atoms with Gasteiger partial charge in [0.25, 0.3) is 0 Å². The Morgan fingerprint density at radius 3 is 2.82 bits per heavy atom. The van der Waals surface area contributed by atoms with E-state index in [4.69, 9.17) is 9.47 Å². The SMILES string of the molecule is CSc1ccc2nc(Nc3ccc4c(c3)OCCO4)sc2c1. The van der Waals surface area contributed by atoms with E-state index in [0.29, 0.717) is 13.2 Å². The molecule has 0 radical (unpaired) electrons. The Balaban J connectivity index is 1.62. The summed E-state index contributed by atoms with van der Waals surface area (Å²) in [7, 11) is 0. The molecule has 0 saturated heterocycles. The lowest BCUT2D eigenvalue weighted by Gasteiger charge is -2.18. The standard InChI is InChI=1S/C16H14N2O2S2/c1-21-11-3-4-12-15(9-11)22-16(18-12)17-10-2-5-13-14(8-10)20-7-6-19-13/h2-5,8-9H,6-7H2,1H3,(H,17,18). The molecule has 0 aliphatic carbocycles. The van der Waals surface area contributed by atoms with Crippen LogP contribution >= 0.6 is 23.1 Å². The number of hydrogen-bond acceptors (Lipinski definition) is 6. The van der Waals surface area contributed by atoms with E-state index in [0.717, 1.165) is 27.8 Å². The predicted octanol–water partition coefficient (Wildman–Crippen LogP) is 4.53. The zero-order valence-electron chi connectivity index (χ0n) is 12.0. The van der Waals surface area contributed by atoms with Gasteiger partial charge in [0.15, 0.2) is 16.6 Å². The predicted molar refractivity (Wildman–Crippen MR) is 92.1 cm³/mol. The van der Waals surface area contributed by atoms with E-state index in [9.17, 15) is 0 Å². The van der Waals surface area contributed by atoms with Crippen LogP contribution in [0.15, 0.2) is 41.3 Å². The number of aromatic nitrogens is 1. The van der Waals surface area contributed by atoms with E-state index >= 15 is 0 Å². The topological polar surface area (TPSA) is 43.4 Å². The zero-order chi connectivity index (χ0) is 14.9. The van der Waals surface area contributed by atoms with Crippen LogP contribution in [0.2, 0.25) is 0 Å². The number of benzene rings is 2. The molecule has 2 heterocycles. The summed E-state index contributed by atoms with van der Waals surface area (Å²) in [5, 5.41) is 4.23. The summed E-state index contributed by atoms with van der Waals surface area (Å²) >= 11 is 3.39. The Bertz CT molecular complexity index is 832. The van der Waals surface area contributed by atoms with Crippen LogP contribution in [-0.4, -0.2) is 24.5 Å². The molecule has 0 unspecified atom stereocenters. The molecule has 0 bridgehead atoms. The van der Waals surface area contributed by atoms with Crippen molar-refractivity contribution in [2.45, 2.75) is 4.90 Å². The molecular formula is C16H14N2O2S2. The van der Waals surface area contributed by atoms with Gasteiger partial charge < -0.3 is 14.8 Å². The van der Waals surface area contributed by atoms with Gasteiger partial charge in [0.2, 0.25) is 0 Å². The second-order valence-electron chi connectivity index (χ2n) is 4.84. The molecule has 0 spiro atoms. The first kappa shape index (κ1) is 13.7. The van der Waals surface area contributed by atoms with Crippen molar-refractivity contribution in [2.24, 2.45) is 0 Å². The molecule has 0 saturated carbocycles. The number of thiazole rings is 1. The Kier molecular flexibility index (Phi) is 3.56. The lowest BCUT2D eigenvalue weighted by Crippen LogP contribution is -2.15. The van der Waals surface area contributed by atoms with E-state index in [-0.39, 0.29) is 0 Å². The third-order valence-electron chi connectivity index (χ3n) is 3.39. The number of rotatable bonds is 3. The Labute approximate surface area is 136 Å². The highest BCUT2D eigenvalue weighted by Crippen LogP contribution is 2.35. The molecule has 0 amide bonds. The van der Waals surface area contributed by atoms with E-state index < -0.39 is 0 Å². The van der Waals surface area contributed by atoms with Gasteiger partial charge in [-0.2, -0.15) is 0 Å². The number of hydrogen-bond donors (Lipinski definition) is 1. The quantitative estimate of drug-likeness (QED) is 0.715. The van der Waals surface area contributed by atoms with Crippen molar-refractivity contribution in [3.63, 3.8) is 0 Å². The third-order valence-corrected chi connectivity index (χ3v) is 5.05. The summed E-state index contributed by atoms with van der Waals surface area (Å²) in [5.41, 5.74) is 1.97. The van der Waals surface area contributed by atoms with Crippen molar-refractivity contribution < 1.29 is 9.47 Å². The zero-order valence-corrected chi connectivity index (χ0v) is 13.6. The van der Waals surface area contributed by atoms with E-state index in [1.54, 1.807) is 23.1 Å². The summed E-state index contributed by atoms with van der Waals surface area (Å²) in [6, 6.07) is 12.2. The third kappa shape index (κ3) is 2.60. The van der Waals surface area contributed by atoms with Crippen LogP contribution < -0.4 is 14.8 Å². The first-order valence-electron chi connectivity index (χ1n) is 6.93. The molecule has 1 aromatic heterocycles. The lowest BCUT2D eigenvalue weighted by atomic mass is 10.2. The van der Waals surface area contributed by atoms with Crippen molar-refractivity contribution in [3.05, 3.63) is 36.4 Å². The molecule has 112 valence electrons. The summed E-state index contributed by atoms with van der Waals surface area (Å²) in [4.78, 5) is 5.87. The van der Waals surface area contributed by atoms with Crippen molar-refractivity contribution >= 4 is 44.1 Å². The number of nitrogens with one attached hydrogen (secondary N) is 1. The lowest BCUT2D eigenvalue weighted by molar-refractivity contribution is 0.171. The van der Waals surface area contributed by atoms with Crippen LogP contribution in [-0.2, 0) is 0 Å². The van der Waals surface area contributed by atoms with Crippen molar-refractivity contribution in [2.75, 3.05) is 24.8 Å². The molecule has 3 aromatic rings. The van der Waals surface area contributed by atoms with Gasteiger partial charge in [-0.25, -0.2) is 4.98 Å². The molecule has 1 aliphatic rings. The largest absolute Gasteiger partial charge is 0.486 e. The number of fused-ring (bicyclic) bond motifs is 2. The maximum absolute atomic E-state index is 5.61. The first-order chi connectivity index (χ1) is 10.8. The van der Waals surface area contributed by atoms with Gasteiger partial charge in [-0.15, -0.1) is 11.8 Å². The van der Waals surface area contributed by atoms with Gasteiger partial charge in [-0.1, -0.05) is 11.3 Å². The van der Waals surface area contributed by atoms with Crippen molar-refractivity contribution in [1.82, 2.24) is 4.98 Å². The molecule has 6 heteroatoms. The molecule has 1 aliphatic heterocycles. The van der Waals surface area contributed by atoms with Gasteiger partial charge in [-0.05, 0) is 36.6 Å². The fourth-order valence-electron chi connectivity index (χ4n) is 2.33. The number of anilines is 2. The molecule has 1 N–H and O–H groups in total. The highest BCUT2D eigenvalue weighted by atomic mass is 32.2. The molecular weight excluding hydrogens is 316 g/mol. The second-order valence-corrected chi connectivity index (χ2v) is 6.75. The van der Waals surface area contributed by atoms with Gasteiger partial charge in [0, 0.05) is 16.6 Å². The smallest absolute Gasteiger partial charge is 0.188 e. The fourth-order valence-corrected chi connectivity index (χ4v) is 3.77. The monoisotopic (exact) mass is 330 g/mol. The van der Waals surface area contributed by atoms with Crippen molar-refractivity contribution in [1.29, 1.82) is 0 Å². The highest BCUT2D eigenvalue weighted by molar-refractivity contribution is 7.98. The minimum Gasteiger partial charge on any atom is -0.486 e. The van der Waals surface area contributed by atoms with Crippen LogP contribution in [0.5, 0.6) is 11.5 Å². The second kappa shape index (κ2) is 5.70. The maximum atomic E-state index is 5.61. The van der Waals surface area contributed by atoms with Gasteiger partial charge in [0.05, 0.1) is 10.2 Å². The van der Waals surface area contributed by atoms with Gasteiger partial charge in [-0.3, -0.25) is 0 Å². The molecule has 4 nitrogen and oxygen atoms in total. The molecule has 0 fully saturated rings. The van der Waals surface area contributed by atoms with E-state index in [1.165, 1.54) is 9.60 Å². The minimum atomic E-state index is 0.592. The molecule has 0 atom stereocenters. The van der Waals surface area contributed by atoms with Gasteiger partial charge >= 0.3 is 0 Å². The van der Waals surface area contributed by atoms with Crippen LogP contribution in [0, 0.1) is 0 Å². The molecule has 22 heavy (non-hydrogen) atoms. The fraction of sp³-hybridized carbons (Fsp3) is 0.188.